The van der Waals surface area contributed by atoms with Crippen LogP contribution in [-0.4, -0.2) is 24.0 Å². The van der Waals surface area contributed by atoms with E-state index in [0.717, 1.165) is 26.1 Å². The number of nitrogens with two attached hydrogens (primary N) is 1. The predicted molar refractivity (Wildman–Crippen MR) is 76.9 cm³/mol. The lowest BCUT2D eigenvalue weighted by Crippen LogP contribution is -2.26. The van der Waals surface area contributed by atoms with Gasteiger partial charge in [0.1, 0.15) is 0 Å². The summed E-state index contributed by atoms with van der Waals surface area (Å²) in [6.45, 7) is 3.24. The van der Waals surface area contributed by atoms with E-state index in [1.807, 2.05) is 11.3 Å². The van der Waals surface area contributed by atoms with Crippen molar-refractivity contribution in [3.05, 3.63) is 35.2 Å². The number of benzene rings is 1. The summed E-state index contributed by atoms with van der Waals surface area (Å²) < 4.78 is 1.39. The van der Waals surface area contributed by atoms with Crippen molar-refractivity contribution in [2.24, 2.45) is 5.73 Å². The molecule has 3 rings (SSSR count). The maximum absolute atomic E-state index is 5.93. The van der Waals surface area contributed by atoms with E-state index < -0.39 is 0 Å². The standard InChI is InChI=1S/C13H16N2S.ClH/c14-11-5-6-15(8-11)7-10-9-16-13-4-2-1-3-12(10)13;/h1-4,9,11H,5-8,14H2;1H. The van der Waals surface area contributed by atoms with Crippen molar-refractivity contribution in [1.29, 1.82) is 0 Å². The minimum Gasteiger partial charge on any atom is -0.326 e. The third-order valence-corrected chi connectivity index (χ3v) is 4.28. The number of rotatable bonds is 2. The molecule has 2 N–H and O–H groups in total. The molecule has 1 saturated heterocycles. The summed E-state index contributed by atoms with van der Waals surface area (Å²) >= 11 is 1.84. The molecule has 2 nitrogen and oxygen atoms in total. The second kappa shape index (κ2) is 5.36. The molecule has 0 saturated carbocycles. The quantitative estimate of drug-likeness (QED) is 0.908. The summed E-state index contributed by atoms with van der Waals surface area (Å²) in [5, 5.41) is 3.70. The molecule has 1 fully saturated rings. The first kappa shape index (κ1) is 12.8. The summed E-state index contributed by atoms with van der Waals surface area (Å²) in [7, 11) is 0. The average Bonchev–Trinajstić information content (AvgIpc) is 2.87. The lowest BCUT2D eigenvalue weighted by atomic mass is 10.2. The number of thiophene rings is 1. The molecule has 0 aliphatic carbocycles. The van der Waals surface area contributed by atoms with Gasteiger partial charge >= 0.3 is 0 Å². The van der Waals surface area contributed by atoms with Crippen molar-refractivity contribution in [3.63, 3.8) is 0 Å². The second-order valence-electron chi connectivity index (χ2n) is 4.54. The molecule has 1 atom stereocenters. The van der Waals surface area contributed by atoms with Gasteiger partial charge in [0.2, 0.25) is 0 Å². The van der Waals surface area contributed by atoms with E-state index in [1.54, 1.807) is 0 Å². The summed E-state index contributed by atoms with van der Waals surface area (Å²) in [5.41, 5.74) is 7.38. The van der Waals surface area contributed by atoms with Crippen LogP contribution >= 0.6 is 23.7 Å². The van der Waals surface area contributed by atoms with Crippen LogP contribution in [-0.2, 0) is 6.54 Å². The van der Waals surface area contributed by atoms with Gasteiger partial charge in [0.05, 0.1) is 0 Å². The van der Waals surface area contributed by atoms with Crippen molar-refractivity contribution in [3.8, 4) is 0 Å². The molecule has 4 heteroatoms. The molecular formula is C13H17ClN2S. The molecule has 0 bridgehead atoms. The highest BCUT2D eigenvalue weighted by Gasteiger charge is 2.19. The minimum atomic E-state index is 0. The van der Waals surface area contributed by atoms with E-state index in [1.165, 1.54) is 15.6 Å². The fourth-order valence-electron chi connectivity index (χ4n) is 2.40. The van der Waals surface area contributed by atoms with E-state index in [9.17, 15) is 0 Å². The maximum atomic E-state index is 5.93. The smallest absolute Gasteiger partial charge is 0.0346 e. The number of hydrogen-bond acceptors (Lipinski definition) is 3. The normalized spacial score (nSPS) is 20.6. The first-order valence-electron chi connectivity index (χ1n) is 5.76. The zero-order valence-electron chi connectivity index (χ0n) is 9.63. The molecule has 17 heavy (non-hydrogen) atoms. The van der Waals surface area contributed by atoms with Gasteiger partial charge in [0.25, 0.3) is 0 Å². The van der Waals surface area contributed by atoms with Crippen LogP contribution in [0.1, 0.15) is 12.0 Å². The molecule has 92 valence electrons. The predicted octanol–water partition coefficient (Wildman–Crippen LogP) is 2.86. The van der Waals surface area contributed by atoms with Crippen LogP contribution in [0, 0.1) is 0 Å². The Morgan fingerprint density at radius 2 is 2.18 bits per heavy atom. The lowest BCUT2D eigenvalue weighted by Gasteiger charge is -2.14. The van der Waals surface area contributed by atoms with Gasteiger partial charge in [-0.25, -0.2) is 0 Å². The Kier molecular flexibility index (Phi) is 4.05. The zero-order valence-corrected chi connectivity index (χ0v) is 11.3. The highest BCUT2D eigenvalue weighted by molar-refractivity contribution is 7.17. The van der Waals surface area contributed by atoms with Crippen molar-refractivity contribution >= 4 is 33.8 Å². The molecular weight excluding hydrogens is 252 g/mol. The third-order valence-electron chi connectivity index (χ3n) is 3.26. The van der Waals surface area contributed by atoms with Gasteiger partial charge in [0, 0.05) is 30.4 Å². The molecule has 1 aromatic carbocycles. The SMILES string of the molecule is Cl.NC1CCN(Cc2csc3ccccc23)C1. The summed E-state index contributed by atoms with van der Waals surface area (Å²) in [5.74, 6) is 0. The number of hydrogen-bond donors (Lipinski definition) is 1. The highest BCUT2D eigenvalue weighted by Crippen LogP contribution is 2.27. The van der Waals surface area contributed by atoms with Crippen LogP contribution in [0.4, 0.5) is 0 Å². The van der Waals surface area contributed by atoms with E-state index in [4.69, 9.17) is 5.73 Å². The molecule has 2 heterocycles. The van der Waals surface area contributed by atoms with E-state index in [-0.39, 0.29) is 12.4 Å². The monoisotopic (exact) mass is 268 g/mol. The Balaban J connectivity index is 0.00000108. The fourth-order valence-corrected chi connectivity index (χ4v) is 3.36. The molecule has 0 radical (unpaired) electrons. The second-order valence-corrected chi connectivity index (χ2v) is 5.45. The van der Waals surface area contributed by atoms with Crippen molar-refractivity contribution in [2.45, 2.75) is 19.0 Å². The first-order chi connectivity index (χ1) is 7.83. The Bertz CT molecular complexity index is 497. The number of likely N-dealkylation sites (tertiary alicyclic amines) is 1. The molecule has 2 aromatic rings. The van der Waals surface area contributed by atoms with Crippen LogP contribution in [0.15, 0.2) is 29.6 Å². The van der Waals surface area contributed by atoms with Gasteiger partial charge in [0.15, 0.2) is 0 Å². The Morgan fingerprint density at radius 3 is 2.94 bits per heavy atom. The lowest BCUT2D eigenvalue weighted by molar-refractivity contribution is 0.328. The average molecular weight is 269 g/mol. The van der Waals surface area contributed by atoms with Crippen LogP contribution in [0.2, 0.25) is 0 Å². The first-order valence-corrected chi connectivity index (χ1v) is 6.64. The maximum Gasteiger partial charge on any atom is 0.0346 e. The number of nitrogens with zero attached hydrogens (tertiary/aromatic N) is 1. The largest absolute Gasteiger partial charge is 0.326 e. The topological polar surface area (TPSA) is 29.3 Å². The van der Waals surface area contributed by atoms with Gasteiger partial charge in [-0.3, -0.25) is 4.90 Å². The van der Waals surface area contributed by atoms with Crippen LogP contribution < -0.4 is 5.73 Å². The Morgan fingerprint density at radius 1 is 1.35 bits per heavy atom. The van der Waals surface area contributed by atoms with Crippen molar-refractivity contribution in [2.75, 3.05) is 13.1 Å². The van der Waals surface area contributed by atoms with Crippen molar-refractivity contribution in [1.82, 2.24) is 4.90 Å². The van der Waals surface area contributed by atoms with Gasteiger partial charge < -0.3 is 5.73 Å². The Labute approximate surface area is 112 Å². The van der Waals surface area contributed by atoms with E-state index >= 15 is 0 Å². The fraction of sp³-hybridized carbons (Fsp3) is 0.385. The van der Waals surface area contributed by atoms with Gasteiger partial charge in [-0.15, -0.1) is 23.7 Å². The molecule has 0 spiro atoms. The highest BCUT2D eigenvalue weighted by atomic mass is 35.5. The van der Waals surface area contributed by atoms with E-state index in [2.05, 4.69) is 34.5 Å². The molecule has 1 unspecified atom stereocenters. The van der Waals surface area contributed by atoms with Gasteiger partial charge in [-0.1, -0.05) is 18.2 Å². The number of fused-ring (bicyclic) bond motifs is 1. The summed E-state index contributed by atoms with van der Waals surface area (Å²) in [6.07, 6.45) is 1.14. The van der Waals surface area contributed by atoms with Crippen LogP contribution in [0.5, 0.6) is 0 Å². The molecule has 1 aromatic heterocycles. The van der Waals surface area contributed by atoms with Crippen LogP contribution in [0.3, 0.4) is 0 Å². The molecule has 1 aliphatic rings. The number of halogens is 1. The minimum absolute atomic E-state index is 0. The zero-order chi connectivity index (χ0) is 11.0. The molecule has 0 amide bonds. The third kappa shape index (κ3) is 2.63. The van der Waals surface area contributed by atoms with E-state index in [0.29, 0.717) is 6.04 Å². The summed E-state index contributed by atoms with van der Waals surface area (Å²) in [6, 6.07) is 9.02. The van der Waals surface area contributed by atoms with Crippen LogP contribution in [0.25, 0.3) is 10.1 Å². The van der Waals surface area contributed by atoms with Gasteiger partial charge in [-0.05, 0) is 28.8 Å². The summed E-state index contributed by atoms with van der Waals surface area (Å²) in [4.78, 5) is 2.46. The molecule has 1 aliphatic heterocycles. The Hall–Kier alpha value is -0.610. The van der Waals surface area contributed by atoms with Gasteiger partial charge in [-0.2, -0.15) is 0 Å². The van der Waals surface area contributed by atoms with Crippen molar-refractivity contribution < 1.29 is 0 Å².